The molecule has 3 nitrogen and oxygen atoms in total. The second-order valence-electron chi connectivity index (χ2n) is 6.91. The summed E-state index contributed by atoms with van der Waals surface area (Å²) in [6.45, 7) is 8.88. The summed E-state index contributed by atoms with van der Waals surface area (Å²) in [5.41, 5.74) is 0. The minimum absolute atomic E-state index is 0.816. The van der Waals surface area contributed by atoms with E-state index in [1.54, 1.807) is 0 Å². The second kappa shape index (κ2) is 7.61. The largest absolute Gasteiger partial charge is 0.316 e. The van der Waals surface area contributed by atoms with Crippen LogP contribution in [0.1, 0.15) is 39.0 Å². The summed E-state index contributed by atoms with van der Waals surface area (Å²) in [5, 5.41) is 3.55. The minimum Gasteiger partial charge on any atom is -0.316 e. The Balaban J connectivity index is 1.63. The Labute approximate surface area is 119 Å². The number of hydrogen-bond donors (Lipinski definition) is 1. The second-order valence-corrected chi connectivity index (χ2v) is 6.91. The minimum atomic E-state index is 0.816. The van der Waals surface area contributed by atoms with Gasteiger partial charge in [-0.15, -0.1) is 0 Å². The maximum absolute atomic E-state index is 3.55. The zero-order chi connectivity index (χ0) is 13.7. The molecule has 2 unspecified atom stereocenters. The molecule has 0 radical (unpaired) electrons. The molecule has 2 atom stereocenters. The van der Waals surface area contributed by atoms with Crippen molar-refractivity contribution in [2.75, 3.05) is 46.8 Å². The number of piperidine rings is 2. The Morgan fingerprint density at radius 1 is 1.21 bits per heavy atom. The van der Waals surface area contributed by atoms with Crippen molar-refractivity contribution in [3.8, 4) is 0 Å². The summed E-state index contributed by atoms with van der Waals surface area (Å²) < 4.78 is 0. The zero-order valence-electron chi connectivity index (χ0n) is 13.2. The summed E-state index contributed by atoms with van der Waals surface area (Å²) in [6.07, 6.45) is 6.91. The molecule has 0 aromatic carbocycles. The summed E-state index contributed by atoms with van der Waals surface area (Å²) >= 11 is 0. The van der Waals surface area contributed by atoms with Gasteiger partial charge in [-0.3, -0.25) is 0 Å². The fourth-order valence-corrected chi connectivity index (χ4v) is 3.65. The molecule has 0 aromatic rings. The molecule has 0 aromatic heterocycles. The normalized spacial score (nSPS) is 28.7. The summed E-state index contributed by atoms with van der Waals surface area (Å²) in [5.74, 6) is 1.81. The summed E-state index contributed by atoms with van der Waals surface area (Å²) in [4.78, 5) is 5.08. The molecule has 112 valence electrons. The Morgan fingerprint density at radius 2 is 1.95 bits per heavy atom. The van der Waals surface area contributed by atoms with Crippen LogP contribution in [0.2, 0.25) is 0 Å². The van der Waals surface area contributed by atoms with Gasteiger partial charge in [-0.25, -0.2) is 0 Å². The number of nitrogens with one attached hydrogen (secondary N) is 1. The van der Waals surface area contributed by atoms with Crippen molar-refractivity contribution < 1.29 is 0 Å². The van der Waals surface area contributed by atoms with Crippen molar-refractivity contribution in [1.29, 1.82) is 0 Å². The van der Waals surface area contributed by atoms with Crippen LogP contribution >= 0.6 is 0 Å². The van der Waals surface area contributed by atoms with Gasteiger partial charge in [0.15, 0.2) is 0 Å². The van der Waals surface area contributed by atoms with E-state index < -0.39 is 0 Å². The molecule has 0 bridgehead atoms. The number of rotatable bonds is 5. The third-order valence-corrected chi connectivity index (χ3v) is 5.33. The monoisotopic (exact) mass is 267 g/mol. The van der Waals surface area contributed by atoms with Crippen LogP contribution in [0.5, 0.6) is 0 Å². The predicted molar refractivity (Wildman–Crippen MR) is 82.5 cm³/mol. The third-order valence-electron chi connectivity index (χ3n) is 5.33. The Morgan fingerprint density at radius 3 is 2.53 bits per heavy atom. The lowest BCUT2D eigenvalue weighted by molar-refractivity contribution is 0.133. The van der Waals surface area contributed by atoms with Crippen molar-refractivity contribution in [3.05, 3.63) is 0 Å². The molecular formula is C16H33N3. The molecule has 0 amide bonds. The number of hydrogen-bond acceptors (Lipinski definition) is 3. The van der Waals surface area contributed by atoms with Crippen molar-refractivity contribution in [1.82, 2.24) is 15.1 Å². The standard InChI is InChI=1S/C16H33N3/c1-14(15-5-4-9-17-13-15)6-10-19-11-7-16(8-12-19)18(2)3/h14-17H,4-13H2,1-3H3. The van der Waals surface area contributed by atoms with Crippen LogP contribution in [-0.4, -0.2) is 62.7 Å². The maximum Gasteiger partial charge on any atom is 0.0113 e. The predicted octanol–water partition coefficient (Wildman–Crippen LogP) is 2.04. The molecule has 2 fully saturated rings. The molecule has 0 spiro atoms. The van der Waals surface area contributed by atoms with E-state index in [9.17, 15) is 0 Å². The SMILES string of the molecule is CC(CCN1CCC(N(C)C)CC1)C1CCCNC1. The highest BCUT2D eigenvalue weighted by molar-refractivity contribution is 4.79. The molecule has 2 aliphatic heterocycles. The molecule has 2 saturated heterocycles. The van der Waals surface area contributed by atoms with Crippen molar-refractivity contribution in [3.63, 3.8) is 0 Å². The molecule has 3 heteroatoms. The highest BCUT2D eigenvalue weighted by atomic mass is 15.2. The molecule has 0 aliphatic carbocycles. The number of nitrogens with zero attached hydrogens (tertiary/aromatic N) is 2. The van der Waals surface area contributed by atoms with Gasteiger partial charge in [0.25, 0.3) is 0 Å². The fraction of sp³-hybridized carbons (Fsp3) is 1.00. The fourth-order valence-electron chi connectivity index (χ4n) is 3.65. The van der Waals surface area contributed by atoms with Crippen LogP contribution < -0.4 is 5.32 Å². The van der Waals surface area contributed by atoms with Crippen LogP contribution in [0.15, 0.2) is 0 Å². The lowest BCUT2D eigenvalue weighted by atomic mass is 9.85. The van der Waals surface area contributed by atoms with Gasteiger partial charge in [-0.05, 0) is 90.8 Å². The first-order chi connectivity index (χ1) is 9.16. The van der Waals surface area contributed by atoms with Gasteiger partial charge in [0, 0.05) is 6.04 Å². The molecule has 19 heavy (non-hydrogen) atoms. The van der Waals surface area contributed by atoms with E-state index in [1.165, 1.54) is 64.8 Å². The van der Waals surface area contributed by atoms with Gasteiger partial charge in [0.05, 0.1) is 0 Å². The van der Waals surface area contributed by atoms with Crippen LogP contribution in [0.4, 0.5) is 0 Å². The van der Waals surface area contributed by atoms with Crippen LogP contribution in [0.3, 0.4) is 0 Å². The lowest BCUT2D eigenvalue weighted by Gasteiger charge is -2.36. The van der Waals surface area contributed by atoms with Gasteiger partial charge in [0.1, 0.15) is 0 Å². The van der Waals surface area contributed by atoms with Crippen LogP contribution in [-0.2, 0) is 0 Å². The smallest absolute Gasteiger partial charge is 0.0113 e. The average molecular weight is 267 g/mol. The van der Waals surface area contributed by atoms with Gasteiger partial charge in [-0.1, -0.05) is 6.92 Å². The van der Waals surface area contributed by atoms with E-state index in [-0.39, 0.29) is 0 Å². The molecule has 2 aliphatic rings. The van der Waals surface area contributed by atoms with E-state index in [0.29, 0.717) is 0 Å². The molecule has 2 heterocycles. The molecular weight excluding hydrogens is 234 g/mol. The molecule has 1 N–H and O–H groups in total. The van der Waals surface area contributed by atoms with E-state index in [1.807, 2.05) is 0 Å². The van der Waals surface area contributed by atoms with E-state index >= 15 is 0 Å². The lowest BCUT2D eigenvalue weighted by Crippen LogP contribution is -2.43. The average Bonchev–Trinajstić information content (AvgIpc) is 2.46. The zero-order valence-corrected chi connectivity index (χ0v) is 13.2. The van der Waals surface area contributed by atoms with Crippen molar-refractivity contribution >= 4 is 0 Å². The number of likely N-dealkylation sites (tertiary alicyclic amines) is 1. The van der Waals surface area contributed by atoms with Gasteiger partial charge in [-0.2, -0.15) is 0 Å². The summed E-state index contributed by atoms with van der Waals surface area (Å²) in [7, 11) is 4.44. The van der Waals surface area contributed by atoms with Crippen molar-refractivity contribution in [2.45, 2.75) is 45.1 Å². The highest BCUT2D eigenvalue weighted by Gasteiger charge is 2.23. The van der Waals surface area contributed by atoms with E-state index in [4.69, 9.17) is 0 Å². The third kappa shape index (κ3) is 4.73. The Bertz CT molecular complexity index is 240. The summed E-state index contributed by atoms with van der Waals surface area (Å²) in [6, 6.07) is 0.816. The van der Waals surface area contributed by atoms with Gasteiger partial charge < -0.3 is 15.1 Å². The van der Waals surface area contributed by atoms with E-state index in [2.05, 4.69) is 36.1 Å². The first kappa shape index (κ1) is 15.3. The van der Waals surface area contributed by atoms with Gasteiger partial charge in [0.2, 0.25) is 0 Å². The molecule has 0 saturated carbocycles. The Hall–Kier alpha value is -0.120. The maximum atomic E-state index is 3.55. The highest BCUT2D eigenvalue weighted by Crippen LogP contribution is 2.23. The first-order valence-electron chi connectivity index (χ1n) is 8.26. The van der Waals surface area contributed by atoms with E-state index in [0.717, 1.165) is 17.9 Å². The van der Waals surface area contributed by atoms with Crippen LogP contribution in [0.25, 0.3) is 0 Å². The molecule has 2 rings (SSSR count). The Kier molecular flexibility index (Phi) is 6.11. The van der Waals surface area contributed by atoms with Crippen molar-refractivity contribution in [2.24, 2.45) is 11.8 Å². The van der Waals surface area contributed by atoms with Gasteiger partial charge >= 0.3 is 0 Å². The quantitative estimate of drug-likeness (QED) is 0.822. The topological polar surface area (TPSA) is 18.5 Å². The first-order valence-corrected chi connectivity index (χ1v) is 8.26. The van der Waals surface area contributed by atoms with Crippen LogP contribution in [0, 0.1) is 11.8 Å².